The zero-order valence-corrected chi connectivity index (χ0v) is 17.9. The van der Waals surface area contributed by atoms with Crippen LogP contribution in [0.2, 0.25) is 0 Å². The number of fused-ring (bicyclic) bond motifs is 1. The van der Waals surface area contributed by atoms with Crippen LogP contribution in [0.5, 0.6) is 5.75 Å². The van der Waals surface area contributed by atoms with Gasteiger partial charge in [0.15, 0.2) is 0 Å². The molecule has 1 aliphatic heterocycles. The summed E-state index contributed by atoms with van der Waals surface area (Å²) in [4.78, 5) is 38.4. The van der Waals surface area contributed by atoms with Crippen molar-refractivity contribution in [2.24, 2.45) is 0 Å². The number of imide groups is 1. The second-order valence-electron chi connectivity index (χ2n) is 7.71. The van der Waals surface area contributed by atoms with Crippen LogP contribution in [0.3, 0.4) is 0 Å². The standard InChI is InChI=1S/C24H26N4O4/c1-32-19-8-6-17(7-9-19)10-14-28-23(30)20(26-24(28)31)16-22(29)25-12-15-27-13-11-18-4-2-3-5-21(18)27/h2-9,11,13,20H,10,12,14-16H2,1H3,(H,25,29)(H,26,31). The van der Waals surface area contributed by atoms with Crippen molar-refractivity contribution in [1.29, 1.82) is 0 Å². The van der Waals surface area contributed by atoms with Crippen LogP contribution in [-0.2, 0) is 22.6 Å². The molecule has 0 saturated carbocycles. The lowest BCUT2D eigenvalue weighted by Crippen LogP contribution is -2.37. The maximum absolute atomic E-state index is 12.6. The summed E-state index contributed by atoms with van der Waals surface area (Å²) in [5, 5.41) is 6.60. The molecule has 4 rings (SSSR count). The Kier molecular flexibility index (Phi) is 6.39. The molecule has 0 radical (unpaired) electrons. The molecule has 8 nitrogen and oxygen atoms in total. The van der Waals surface area contributed by atoms with Gasteiger partial charge in [0.25, 0.3) is 5.91 Å². The number of amides is 4. The van der Waals surface area contributed by atoms with E-state index in [1.807, 2.05) is 60.8 Å². The van der Waals surface area contributed by atoms with Crippen LogP contribution in [0.1, 0.15) is 12.0 Å². The van der Waals surface area contributed by atoms with E-state index in [-0.39, 0.29) is 24.8 Å². The van der Waals surface area contributed by atoms with Gasteiger partial charge in [0.2, 0.25) is 5.91 Å². The molecule has 1 unspecified atom stereocenters. The molecule has 0 spiro atoms. The quantitative estimate of drug-likeness (QED) is 0.506. The SMILES string of the molecule is COc1ccc(CCN2C(=O)NC(CC(=O)NCCn3ccc4ccccc43)C2=O)cc1. The van der Waals surface area contributed by atoms with Crippen molar-refractivity contribution >= 4 is 28.7 Å². The number of nitrogens with zero attached hydrogens (tertiary/aromatic N) is 2. The molecule has 0 bridgehead atoms. The number of carbonyl (C=O) groups excluding carboxylic acids is 3. The average Bonchev–Trinajstić information content (AvgIpc) is 3.33. The van der Waals surface area contributed by atoms with Crippen LogP contribution in [0.15, 0.2) is 60.8 Å². The van der Waals surface area contributed by atoms with Gasteiger partial charge in [-0.25, -0.2) is 4.79 Å². The summed E-state index contributed by atoms with van der Waals surface area (Å²) in [6.07, 6.45) is 2.45. The molecule has 1 aromatic heterocycles. The summed E-state index contributed by atoms with van der Waals surface area (Å²) in [5.74, 6) is 0.118. The minimum absolute atomic E-state index is 0.0734. The molecule has 166 valence electrons. The summed E-state index contributed by atoms with van der Waals surface area (Å²) in [6, 6.07) is 16.3. The van der Waals surface area contributed by atoms with Crippen molar-refractivity contribution in [3.8, 4) is 5.75 Å². The summed E-state index contributed by atoms with van der Waals surface area (Å²) >= 11 is 0. The van der Waals surface area contributed by atoms with Crippen molar-refractivity contribution < 1.29 is 19.1 Å². The molecular formula is C24H26N4O4. The van der Waals surface area contributed by atoms with E-state index in [2.05, 4.69) is 15.2 Å². The Labute approximate surface area is 186 Å². The van der Waals surface area contributed by atoms with Gasteiger partial charge in [0.1, 0.15) is 11.8 Å². The van der Waals surface area contributed by atoms with E-state index in [0.29, 0.717) is 19.5 Å². The molecule has 1 fully saturated rings. The fraction of sp³-hybridized carbons (Fsp3) is 0.292. The number of nitrogens with one attached hydrogen (secondary N) is 2. The van der Waals surface area contributed by atoms with E-state index < -0.39 is 12.1 Å². The van der Waals surface area contributed by atoms with Gasteiger partial charge < -0.3 is 19.9 Å². The first kappa shape index (κ1) is 21.4. The maximum atomic E-state index is 12.6. The molecule has 8 heteroatoms. The van der Waals surface area contributed by atoms with Gasteiger partial charge in [0.05, 0.1) is 13.5 Å². The molecule has 32 heavy (non-hydrogen) atoms. The summed E-state index contributed by atoms with van der Waals surface area (Å²) < 4.78 is 7.20. The fourth-order valence-corrected chi connectivity index (χ4v) is 3.87. The van der Waals surface area contributed by atoms with Crippen molar-refractivity contribution in [1.82, 2.24) is 20.1 Å². The third-order valence-electron chi connectivity index (χ3n) is 5.63. The molecule has 1 saturated heterocycles. The van der Waals surface area contributed by atoms with Gasteiger partial charge >= 0.3 is 6.03 Å². The number of methoxy groups -OCH3 is 1. The fourth-order valence-electron chi connectivity index (χ4n) is 3.87. The molecule has 4 amide bonds. The van der Waals surface area contributed by atoms with Crippen molar-refractivity contribution in [2.75, 3.05) is 20.2 Å². The van der Waals surface area contributed by atoms with Gasteiger partial charge in [-0.2, -0.15) is 0 Å². The molecule has 2 aromatic carbocycles. The van der Waals surface area contributed by atoms with Crippen LogP contribution in [0, 0.1) is 0 Å². The van der Waals surface area contributed by atoms with Gasteiger partial charge in [-0.15, -0.1) is 0 Å². The maximum Gasteiger partial charge on any atom is 0.324 e. The lowest BCUT2D eigenvalue weighted by Gasteiger charge is -2.13. The number of rotatable bonds is 9. The smallest absolute Gasteiger partial charge is 0.324 e. The van der Waals surface area contributed by atoms with E-state index >= 15 is 0 Å². The van der Waals surface area contributed by atoms with E-state index in [9.17, 15) is 14.4 Å². The van der Waals surface area contributed by atoms with Gasteiger partial charge in [-0.3, -0.25) is 14.5 Å². The van der Waals surface area contributed by atoms with E-state index in [0.717, 1.165) is 22.2 Å². The number of carbonyl (C=O) groups is 3. The topological polar surface area (TPSA) is 92.7 Å². The number of hydrogen-bond donors (Lipinski definition) is 2. The lowest BCUT2D eigenvalue weighted by atomic mass is 10.1. The Bertz CT molecular complexity index is 1120. The summed E-state index contributed by atoms with van der Waals surface area (Å²) in [7, 11) is 1.60. The van der Waals surface area contributed by atoms with Gasteiger partial charge in [-0.05, 0) is 41.6 Å². The van der Waals surface area contributed by atoms with Crippen LogP contribution in [0.25, 0.3) is 10.9 Å². The molecule has 0 aliphatic carbocycles. The minimum Gasteiger partial charge on any atom is -0.497 e. The molecular weight excluding hydrogens is 408 g/mol. The van der Waals surface area contributed by atoms with Crippen LogP contribution in [-0.4, -0.2) is 53.6 Å². The van der Waals surface area contributed by atoms with Crippen LogP contribution < -0.4 is 15.4 Å². The van der Waals surface area contributed by atoms with Gasteiger partial charge in [0, 0.05) is 31.3 Å². The highest BCUT2D eigenvalue weighted by molar-refractivity contribution is 6.05. The predicted molar refractivity (Wildman–Crippen MR) is 120 cm³/mol. The highest BCUT2D eigenvalue weighted by atomic mass is 16.5. The number of hydrogen-bond acceptors (Lipinski definition) is 4. The first-order chi connectivity index (χ1) is 15.5. The lowest BCUT2D eigenvalue weighted by molar-refractivity contribution is -0.130. The second-order valence-corrected chi connectivity index (χ2v) is 7.71. The molecule has 2 heterocycles. The Morgan fingerprint density at radius 3 is 2.62 bits per heavy atom. The van der Waals surface area contributed by atoms with Gasteiger partial charge in [-0.1, -0.05) is 30.3 Å². The van der Waals surface area contributed by atoms with Crippen molar-refractivity contribution in [3.63, 3.8) is 0 Å². The highest BCUT2D eigenvalue weighted by Gasteiger charge is 2.38. The first-order valence-corrected chi connectivity index (χ1v) is 10.6. The van der Waals surface area contributed by atoms with Crippen molar-refractivity contribution in [2.45, 2.75) is 25.4 Å². The highest BCUT2D eigenvalue weighted by Crippen LogP contribution is 2.16. The third-order valence-corrected chi connectivity index (χ3v) is 5.63. The predicted octanol–water partition coefficient (Wildman–Crippen LogP) is 2.32. The molecule has 3 aromatic rings. The Morgan fingerprint density at radius 2 is 1.84 bits per heavy atom. The zero-order valence-electron chi connectivity index (χ0n) is 17.9. The zero-order chi connectivity index (χ0) is 22.5. The first-order valence-electron chi connectivity index (χ1n) is 10.6. The largest absolute Gasteiger partial charge is 0.497 e. The Hall–Kier alpha value is -3.81. The number of para-hydroxylation sites is 1. The van der Waals surface area contributed by atoms with Crippen LogP contribution in [0.4, 0.5) is 4.79 Å². The van der Waals surface area contributed by atoms with E-state index in [1.54, 1.807) is 7.11 Å². The summed E-state index contributed by atoms with van der Waals surface area (Å²) in [5.41, 5.74) is 2.10. The van der Waals surface area contributed by atoms with E-state index in [4.69, 9.17) is 4.74 Å². The van der Waals surface area contributed by atoms with E-state index in [1.165, 1.54) is 4.90 Å². The normalized spacial score (nSPS) is 15.8. The Balaban J connectivity index is 1.24. The molecule has 1 atom stereocenters. The van der Waals surface area contributed by atoms with Crippen LogP contribution >= 0.6 is 0 Å². The Morgan fingerprint density at radius 1 is 1.06 bits per heavy atom. The summed E-state index contributed by atoms with van der Waals surface area (Å²) in [6.45, 7) is 1.32. The number of urea groups is 1. The third kappa shape index (κ3) is 4.74. The number of aromatic nitrogens is 1. The molecule has 1 aliphatic rings. The minimum atomic E-state index is -0.828. The average molecular weight is 434 g/mol. The monoisotopic (exact) mass is 434 g/mol. The second kappa shape index (κ2) is 9.55. The molecule has 2 N–H and O–H groups in total. The number of benzene rings is 2. The van der Waals surface area contributed by atoms with Crippen molar-refractivity contribution in [3.05, 3.63) is 66.4 Å². The number of ether oxygens (including phenoxy) is 1.